The lowest BCUT2D eigenvalue weighted by atomic mass is 10.1. The Morgan fingerprint density at radius 2 is 2.14 bits per heavy atom. The number of fused-ring (bicyclic) bond motifs is 1. The monoisotopic (exact) mass is 323 g/mol. The predicted molar refractivity (Wildman–Crippen MR) is 84.9 cm³/mol. The SMILES string of the molecule is O=C(O)CC1CSCCN1C(=O)C1Cc2ccccc2S1. The molecule has 0 aromatic heterocycles. The minimum absolute atomic E-state index is 0.0447. The van der Waals surface area contributed by atoms with E-state index in [1.165, 1.54) is 10.5 Å². The van der Waals surface area contributed by atoms with Gasteiger partial charge < -0.3 is 10.0 Å². The van der Waals surface area contributed by atoms with Gasteiger partial charge in [0.25, 0.3) is 0 Å². The molecule has 2 heterocycles. The highest BCUT2D eigenvalue weighted by Crippen LogP contribution is 2.38. The second-order valence-corrected chi connectivity index (χ2v) is 7.67. The molecule has 4 nitrogen and oxygen atoms in total. The number of thioether (sulfide) groups is 2. The number of rotatable bonds is 3. The molecule has 112 valence electrons. The maximum atomic E-state index is 12.8. The van der Waals surface area contributed by atoms with E-state index in [0.29, 0.717) is 6.54 Å². The van der Waals surface area contributed by atoms with Gasteiger partial charge in [-0.3, -0.25) is 9.59 Å². The van der Waals surface area contributed by atoms with Crippen molar-refractivity contribution in [1.29, 1.82) is 0 Å². The summed E-state index contributed by atoms with van der Waals surface area (Å²) in [6.07, 6.45) is 0.798. The van der Waals surface area contributed by atoms with E-state index < -0.39 is 5.97 Å². The van der Waals surface area contributed by atoms with Crippen molar-refractivity contribution in [3.63, 3.8) is 0 Å². The fourth-order valence-electron chi connectivity index (χ4n) is 2.82. The summed E-state index contributed by atoms with van der Waals surface area (Å²) in [7, 11) is 0. The van der Waals surface area contributed by atoms with Crippen molar-refractivity contribution in [1.82, 2.24) is 4.90 Å². The minimum atomic E-state index is -0.831. The summed E-state index contributed by atoms with van der Waals surface area (Å²) in [4.78, 5) is 26.7. The van der Waals surface area contributed by atoms with Crippen LogP contribution in [-0.4, -0.2) is 51.2 Å². The van der Waals surface area contributed by atoms with Crippen LogP contribution in [0.3, 0.4) is 0 Å². The molecule has 1 aromatic carbocycles. The number of nitrogens with zero attached hydrogens (tertiary/aromatic N) is 1. The first-order valence-electron chi connectivity index (χ1n) is 6.99. The zero-order valence-corrected chi connectivity index (χ0v) is 13.2. The van der Waals surface area contributed by atoms with E-state index in [2.05, 4.69) is 6.07 Å². The molecular formula is C15H17NO3S2. The van der Waals surface area contributed by atoms with Crippen molar-refractivity contribution in [2.45, 2.75) is 29.0 Å². The van der Waals surface area contributed by atoms with E-state index in [1.54, 1.807) is 28.4 Å². The zero-order valence-electron chi connectivity index (χ0n) is 11.5. The van der Waals surface area contributed by atoms with E-state index in [4.69, 9.17) is 5.11 Å². The summed E-state index contributed by atoms with van der Waals surface area (Å²) in [6.45, 7) is 0.662. The van der Waals surface area contributed by atoms with Gasteiger partial charge in [-0.2, -0.15) is 11.8 Å². The van der Waals surface area contributed by atoms with Gasteiger partial charge in [-0.15, -0.1) is 11.8 Å². The molecule has 3 rings (SSSR count). The van der Waals surface area contributed by atoms with Gasteiger partial charge in [0, 0.05) is 22.9 Å². The summed E-state index contributed by atoms with van der Waals surface area (Å²) < 4.78 is 0. The van der Waals surface area contributed by atoms with Crippen molar-refractivity contribution >= 4 is 35.4 Å². The molecule has 1 N–H and O–H groups in total. The molecule has 0 spiro atoms. The average Bonchev–Trinajstić information content (AvgIpc) is 2.90. The predicted octanol–water partition coefficient (Wildman–Crippen LogP) is 2.12. The number of carbonyl (C=O) groups excluding carboxylic acids is 1. The van der Waals surface area contributed by atoms with Crippen molar-refractivity contribution < 1.29 is 14.7 Å². The first-order valence-corrected chi connectivity index (χ1v) is 9.03. The normalized spacial score (nSPS) is 24.7. The first kappa shape index (κ1) is 14.8. The van der Waals surface area contributed by atoms with E-state index in [0.717, 1.165) is 17.9 Å². The summed E-state index contributed by atoms with van der Waals surface area (Å²) in [5.74, 6) is 0.889. The maximum Gasteiger partial charge on any atom is 0.305 e. The van der Waals surface area contributed by atoms with Gasteiger partial charge in [0.2, 0.25) is 5.91 Å². The van der Waals surface area contributed by atoms with Crippen molar-refractivity contribution in [2.75, 3.05) is 18.1 Å². The Kier molecular flexibility index (Phi) is 4.45. The Balaban J connectivity index is 1.71. The van der Waals surface area contributed by atoms with Gasteiger partial charge in [-0.05, 0) is 18.1 Å². The van der Waals surface area contributed by atoms with Crippen molar-refractivity contribution in [3.05, 3.63) is 29.8 Å². The highest BCUT2D eigenvalue weighted by molar-refractivity contribution is 8.01. The Morgan fingerprint density at radius 1 is 1.33 bits per heavy atom. The summed E-state index contributed by atoms with van der Waals surface area (Å²) in [5, 5.41) is 8.92. The Morgan fingerprint density at radius 3 is 2.90 bits per heavy atom. The van der Waals surface area contributed by atoms with E-state index >= 15 is 0 Å². The van der Waals surface area contributed by atoms with Crippen LogP contribution in [0.4, 0.5) is 0 Å². The molecular weight excluding hydrogens is 306 g/mol. The van der Waals surface area contributed by atoms with Crippen molar-refractivity contribution in [3.8, 4) is 0 Å². The molecule has 1 fully saturated rings. The van der Waals surface area contributed by atoms with Crippen LogP contribution in [0.5, 0.6) is 0 Å². The van der Waals surface area contributed by atoms with Crippen LogP contribution in [0.15, 0.2) is 29.2 Å². The van der Waals surface area contributed by atoms with E-state index in [1.807, 2.05) is 18.2 Å². The van der Waals surface area contributed by atoms with Gasteiger partial charge in [-0.25, -0.2) is 0 Å². The second kappa shape index (κ2) is 6.32. The maximum absolute atomic E-state index is 12.8. The van der Waals surface area contributed by atoms with E-state index in [9.17, 15) is 9.59 Å². The van der Waals surface area contributed by atoms with Crippen LogP contribution >= 0.6 is 23.5 Å². The second-order valence-electron chi connectivity index (χ2n) is 5.28. The Hall–Kier alpha value is -1.14. The van der Waals surface area contributed by atoms with Gasteiger partial charge >= 0.3 is 5.97 Å². The summed E-state index contributed by atoms with van der Waals surface area (Å²) >= 11 is 3.35. The fraction of sp³-hybridized carbons (Fsp3) is 0.467. The Bertz CT molecular complexity index is 539. The molecule has 6 heteroatoms. The number of hydrogen-bond donors (Lipinski definition) is 1. The molecule has 0 aliphatic carbocycles. The largest absolute Gasteiger partial charge is 0.481 e. The zero-order chi connectivity index (χ0) is 14.8. The van der Waals surface area contributed by atoms with E-state index in [-0.39, 0.29) is 23.6 Å². The molecule has 21 heavy (non-hydrogen) atoms. The number of hydrogen-bond acceptors (Lipinski definition) is 4. The summed E-state index contributed by atoms with van der Waals surface area (Å²) in [6, 6.07) is 7.93. The highest BCUT2D eigenvalue weighted by atomic mass is 32.2. The number of amides is 1. The topological polar surface area (TPSA) is 57.6 Å². The smallest absolute Gasteiger partial charge is 0.305 e. The standard InChI is InChI=1S/C15H17NO3S2/c17-14(18)8-11-9-20-6-5-16(11)15(19)13-7-10-3-1-2-4-12(10)21-13/h1-4,11,13H,5-9H2,(H,17,18). The molecule has 2 unspecified atom stereocenters. The molecule has 2 aliphatic heterocycles. The molecule has 2 atom stereocenters. The number of carboxylic acids is 1. The number of aliphatic carboxylic acids is 1. The van der Waals surface area contributed by atoms with Crippen LogP contribution < -0.4 is 0 Å². The third-order valence-electron chi connectivity index (χ3n) is 3.84. The van der Waals surface area contributed by atoms with Gasteiger partial charge in [0.1, 0.15) is 0 Å². The molecule has 0 bridgehead atoms. The van der Waals surface area contributed by atoms with Gasteiger partial charge in [-0.1, -0.05) is 18.2 Å². The molecule has 1 amide bonds. The van der Waals surface area contributed by atoms with Gasteiger partial charge in [0.05, 0.1) is 17.7 Å². The Labute approximate surface area is 132 Å². The number of carboxylic acid groups (broad SMARTS) is 1. The first-order chi connectivity index (χ1) is 10.1. The van der Waals surface area contributed by atoms with Crippen LogP contribution in [0.25, 0.3) is 0 Å². The lowest BCUT2D eigenvalue weighted by Gasteiger charge is -2.36. The molecule has 2 aliphatic rings. The third kappa shape index (κ3) is 3.21. The van der Waals surface area contributed by atoms with Crippen LogP contribution in [-0.2, 0) is 16.0 Å². The quantitative estimate of drug-likeness (QED) is 0.923. The lowest BCUT2D eigenvalue weighted by molar-refractivity contribution is -0.140. The van der Waals surface area contributed by atoms with Crippen molar-refractivity contribution in [2.24, 2.45) is 0 Å². The fourth-order valence-corrected chi connectivity index (χ4v) is 5.15. The highest BCUT2D eigenvalue weighted by Gasteiger charge is 2.36. The number of carbonyl (C=O) groups is 2. The molecule has 1 saturated heterocycles. The van der Waals surface area contributed by atoms with Crippen LogP contribution in [0, 0.1) is 0 Å². The van der Waals surface area contributed by atoms with Crippen LogP contribution in [0.2, 0.25) is 0 Å². The molecule has 0 saturated carbocycles. The minimum Gasteiger partial charge on any atom is -0.481 e. The van der Waals surface area contributed by atoms with Gasteiger partial charge in [0.15, 0.2) is 0 Å². The molecule has 0 radical (unpaired) electrons. The average molecular weight is 323 g/mol. The summed E-state index contributed by atoms with van der Waals surface area (Å²) in [5.41, 5.74) is 1.22. The lowest BCUT2D eigenvalue weighted by Crippen LogP contribution is -2.50. The molecule has 1 aromatic rings. The van der Waals surface area contributed by atoms with Crippen LogP contribution in [0.1, 0.15) is 12.0 Å². The third-order valence-corrected chi connectivity index (χ3v) is 6.24. The number of benzene rings is 1.